The van der Waals surface area contributed by atoms with E-state index in [1.54, 1.807) is 24.3 Å². The molecule has 1 saturated carbocycles. The van der Waals surface area contributed by atoms with Gasteiger partial charge in [-0.2, -0.15) is 4.98 Å². The highest BCUT2D eigenvalue weighted by molar-refractivity contribution is 6.44. The quantitative estimate of drug-likeness (QED) is 0.590. The molecule has 0 atom stereocenters. The Bertz CT molecular complexity index is 889. The highest BCUT2D eigenvalue weighted by Crippen LogP contribution is 2.28. The largest absolute Gasteiger partial charge is 0.337 e. The second-order valence-corrected chi connectivity index (χ2v) is 7.10. The van der Waals surface area contributed by atoms with Crippen LogP contribution in [0.1, 0.15) is 38.0 Å². The van der Waals surface area contributed by atoms with Gasteiger partial charge in [0, 0.05) is 16.6 Å². The van der Waals surface area contributed by atoms with Crippen LogP contribution in [0.15, 0.2) is 28.8 Å². The molecule has 2 fully saturated rings. The molecule has 0 unspecified atom stereocenters. The van der Waals surface area contributed by atoms with Gasteiger partial charge in [-0.1, -0.05) is 36.0 Å². The molecule has 4 amide bonds. The van der Waals surface area contributed by atoms with E-state index in [0.717, 1.165) is 41.9 Å². The predicted octanol–water partition coefficient (Wildman–Crippen LogP) is 3.01. The molecule has 1 saturated heterocycles. The van der Waals surface area contributed by atoms with Crippen LogP contribution in [-0.4, -0.2) is 43.8 Å². The van der Waals surface area contributed by atoms with Crippen LogP contribution in [-0.2, 0) is 16.1 Å². The molecule has 1 aliphatic carbocycles. The van der Waals surface area contributed by atoms with Gasteiger partial charge >= 0.3 is 17.8 Å². The normalized spacial score (nSPS) is 18.6. The van der Waals surface area contributed by atoms with E-state index in [-0.39, 0.29) is 18.5 Å². The fraction of sp³-hybridized carbons (Fsp3) is 0.389. The van der Waals surface area contributed by atoms with Crippen LogP contribution >= 0.6 is 11.6 Å². The number of amides is 4. The summed E-state index contributed by atoms with van der Waals surface area (Å²) in [7, 11) is 0. The fourth-order valence-corrected chi connectivity index (χ4v) is 3.62. The minimum atomic E-state index is -0.850. The van der Waals surface area contributed by atoms with Crippen LogP contribution in [0.5, 0.6) is 0 Å². The maximum atomic E-state index is 12.6. The number of halogens is 1. The minimum Gasteiger partial charge on any atom is -0.337 e. The number of carbonyl (C=O) groups excluding carboxylic acids is 3. The molecule has 0 spiro atoms. The van der Waals surface area contributed by atoms with Gasteiger partial charge in [0.1, 0.15) is 6.54 Å². The van der Waals surface area contributed by atoms with Crippen molar-refractivity contribution in [2.75, 3.05) is 0 Å². The van der Waals surface area contributed by atoms with Crippen molar-refractivity contribution in [3.63, 3.8) is 0 Å². The molecule has 2 aliphatic rings. The van der Waals surface area contributed by atoms with Crippen molar-refractivity contribution in [3.05, 3.63) is 35.2 Å². The second kappa shape index (κ2) is 7.11. The molecule has 27 heavy (non-hydrogen) atoms. The van der Waals surface area contributed by atoms with E-state index < -0.39 is 17.8 Å². The van der Waals surface area contributed by atoms with Gasteiger partial charge in [0.25, 0.3) is 0 Å². The third-order valence-corrected chi connectivity index (χ3v) is 5.14. The SMILES string of the molecule is O=C1C(=O)N(C2CCCCC2)C(=O)N1Cc1nc(-c2ccc(Cl)cc2)no1. The Morgan fingerprint density at radius 3 is 2.44 bits per heavy atom. The first-order valence-corrected chi connectivity index (χ1v) is 9.20. The molecule has 0 bridgehead atoms. The molecule has 0 N–H and O–H groups in total. The molecule has 140 valence electrons. The van der Waals surface area contributed by atoms with Gasteiger partial charge in [-0.15, -0.1) is 0 Å². The first kappa shape index (κ1) is 17.7. The Labute approximate surface area is 160 Å². The summed E-state index contributed by atoms with van der Waals surface area (Å²) in [5, 5.41) is 4.44. The highest BCUT2D eigenvalue weighted by Gasteiger charge is 2.48. The zero-order chi connectivity index (χ0) is 19.0. The van der Waals surface area contributed by atoms with Crippen molar-refractivity contribution in [3.8, 4) is 11.4 Å². The Morgan fingerprint density at radius 1 is 1.04 bits per heavy atom. The zero-order valence-corrected chi connectivity index (χ0v) is 15.2. The topological polar surface area (TPSA) is 96.6 Å². The zero-order valence-electron chi connectivity index (χ0n) is 14.4. The van der Waals surface area contributed by atoms with Gasteiger partial charge in [0.2, 0.25) is 11.7 Å². The smallest absolute Gasteiger partial charge is 0.334 e. The number of hydrogen-bond acceptors (Lipinski definition) is 6. The molecule has 2 aromatic rings. The lowest BCUT2D eigenvalue weighted by molar-refractivity contribution is -0.144. The lowest BCUT2D eigenvalue weighted by Crippen LogP contribution is -2.42. The molecule has 2 heterocycles. The van der Waals surface area contributed by atoms with Gasteiger partial charge in [-0.3, -0.25) is 14.5 Å². The lowest BCUT2D eigenvalue weighted by atomic mass is 9.94. The van der Waals surface area contributed by atoms with E-state index in [9.17, 15) is 14.4 Å². The van der Waals surface area contributed by atoms with Crippen molar-refractivity contribution in [1.29, 1.82) is 0 Å². The van der Waals surface area contributed by atoms with Crippen molar-refractivity contribution in [2.45, 2.75) is 44.7 Å². The van der Waals surface area contributed by atoms with Gasteiger partial charge in [-0.25, -0.2) is 9.69 Å². The molecule has 1 aromatic heterocycles. The van der Waals surface area contributed by atoms with Crippen molar-refractivity contribution in [1.82, 2.24) is 19.9 Å². The van der Waals surface area contributed by atoms with Gasteiger partial charge in [-0.05, 0) is 37.1 Å². The molecular formula is C18H17ClN4O4. The predicted molar refractivity (Wildman–Crippen MR) is 94.4 cm³/mol. The van der Waals surface area contributed by atoms with E-state index in [4.69, 9.17) is 16.1 Å². The van der Waals surface area contributed by atoms with Crippen molar-refractivity contribution < 1.29 is 18.9 Å². The van der Waals surface area contributed by atoms with Gasteiger partial charge in [0.15, 0.2) is 0 Å². The summed E-state index contributed by atoms with van der Waals surface area (Å²) in [6, 6.07) is 6.04. The van der Waals surface area contributed by atoms with Crippen LogP contribution in [0.2, 0.25) is 5.02 Å². The third-order valence-electron chi connectivity index (χ3n) is 4.89. The Morgan fingerprint density at radius 2 is 1.74 bits per heavy atom. The summed E-state index contributed by atoms with van der Waals surface area (Å²) < 4.78 is 5.15. The molecule has 0 radical (unpaired) electrons. The Kier molecular flexibility index (Phi) is 4.65. The summed E-state index contributed by atoms with van der Waals surface area (Å²) in [5.74, 6) is -1.22. The molecule has 1 aromatic carbocycles. The van der Waals surface area contributed by atoms with Crippen LogP contribution in [0, 0.1) is 0 Å². The Balaban J connectivity index is 1.51. The summed E-state index contributed by atoms with van der Waals surface area (Å²) in [4.78, 5) is 43.4. The first-order chi connectivity index (χ1) is 13.0. The van der Waals surface area contributed by atoms with E-state index in [2.05, 4.69) is 10.1 Å². The molecule has 1 aliphatic heterocycles. The average molecular weight is 389 g/mol. The standard InChI is InChI=1S/C18H17ClN4O4/c19-12-8-6-11(7-9-12)15-20-14(27-21-15)10-22-16(24)17(25)23(18(22)26)13-4-2-1-3-5-13/h6-9,13H,1-5,10H2. The molecular weight excluding hydrogens is 372 g/mol. The van der Waals surface area contributed by atoms with Gasteiger partial charge < -0.3 is 4.52 Å². The molecule has 9 heteroatoms. The number of aromatic nitrogens is 2. The number of carbonyl (C=O) groups is 3. The Hall–Kier alpha value is -2.74. The molecule has 4 rings (SSSR count). The fourth-order valence-electron chi connectivity index (χ4n) is 3.49. The minimum absolute atomic E-state index is 0.0833. The first-order valence-electron chi connectivity index (χ1n) is 8.82. The average Bonchev–Trinajstić information content (AvgIpc) is 3.22. The van der Waals surface area contributed by atoms with E-state index in [1.165, 1.54) is 0 Å². The number of benzene rings is 1. The maximum Gasteiger partial charge on any atom is 0.334 e. The van der Waals surface area contributed by atoms with Crippen LogP contribution in [0.4, 0.5) is 4.79 Å². The van der Waals surface area contributed by atoms with Gasteiger partial charge in [0.05, 0.1) is 0 Å². The lowest BCUT2D eigenvalue weighted by Gasteiger charge is -2.28. The van der Waals surface area contributed by atoms with Crippen LogP contribution < -0.4 is 0 Å². The van der Waals surface area contributed by atoms with E-state index in [1.807, 2.05) is 0 Å². The number of rotatable bonds is 4. The maximum absolute atomic E-state index is 12.6. The number of nitrogens with zero attached hydrogens (tertiary/aromatic N) is 4. The van der Waals surface area contributed by atoms with Crippen molar-refractivity contribution >= 4 is 29.4 Å². The van der Waals surface area contributed by atoms with E-state index >= 15 is 0 Å². The monoisotopic (exact) mass is 388 g/mol. The molecule has 8 nitrogen and oxygen atoms in total. The van der Waals surface area contributed by atoms with E-state index in [0.29, 0.717) is 16.4 Å². The summed E-state index contributed by atoms with van der Waals surface area (Å²) in [5.41, 5.74) is 0.688. The highest BCUT2D eigenvalue weighted by atomic mass is 35.5. The van der Waals surface area contributed by atoms with Crippen LogP contribution in [0.3, 0.4) is 0 Å². The summed E-state index contributed by atoms with van der Waals surface area (Å²) in [6.07, 6.45) is 4.45. The third kappa shape index (κ3) is 3.32. The number of urea groups is 1. The van der Waals surface area contributed by atoms with Crippen molar-refractivity contribution in [2.24, 2.45) is 0 Å². The summed E-state index contributed by atoms with van der Waals surface area (Å²) in [6.45, 7) is -0.229. The second-order valence-electron chi connectivity index (χ2n) is 6.66. The summed E-state index contributed by atoms with van der Waals surface area (Å²) >= 11 is 5.86. The number of hydrogen-bond donors (Lipinski definition) is 0. The van der Waals surface area contributed by atoms with Crippen LogP contribution in [0.25, 0.3) is 11.4 Å². The number of imide groups is 2.